The summed E-state index contributed by atoms with van der Waals surface area (Å²) in [6.07, 6.45) is 0. The smallest absolute Gasteiger partial charge is 0.266 e. The number of thioether (sulfide) groups is 1. The van der Waals surface area contributed by atoms with E-state index in [4.69, 9.17) is 10.00 Å². The number of rotatable bonds is 6. The third kappa shape index (κ3) is 4.30. The second-order valence-electron chi connectivity index (χ2n) is 6.36. The van der Waals surface area contributed by atoms with Crippen LogP contribution >= 0.6 is 23.1 Å². The molecule has 4 rings (SSSR count). The molecule has 2 aromatic carbocycles. The van der Waals surface area contributed by atoms with E-state index in [9.17, 15) is 9.59 Å². The molecule has 0 bridgehead atoms. The van der Waals surface area contributed by atoms with E-state index in [-0.39, 0.29) is 17.2 Å². The van der Waals surface area contributed by atoms with Gasteiger partial charge >= 0.3 is 0 Å². The lowest BCUT2D eigenvalue weighted by Gasteiger charge is -2.13. The molecular weight excluding hydrogens is 432 g/mol. The van der Waals surface area contributed by atoms with Gasteiger partial charge in [-0.15, -0.1) is 11.3 Å². The van der Waals surface area contributed by atoms with Crippen molar-refractivity contribution in [2.45, 2.75) is 5.16 Å². The molecule has 9 heteroatoms. The molecule has 1 amide bonds. The lowest BCUT2D eigenvalue weighted by molar-refractivity contribution is -0.113. The molecule has 0 saturated heterocycles. The van der Waals surface area contributed by atoms with Gasteiger partial charge in [0.05, 0.1) is 35.0 Å². The van der Waals surface area contributed by atoms with Crippen molar-refractivity contribution in [2.24, 2.45) is 0 Å². The molecule has 0 spiro atoms. The number of nitriles is 1. The normalized spacial score (nSPS) is 10.6. The van der Waals surface area contributed by atoms with Gasteiger partial charge in [-0.3, -0.25) is 14.2 Å². The van der Waals surface area contributed by atoms with Crippen LogP contribution in [0.3, 0.4) is 0 Å². The molecule has 0 atom stereocenters. The Bertz CT molecular complexity index is 1350. The maximum atomic E-state index is 13.2. The Morgan fingerprint density at radius 1 is 1.23 bits per heavy atom. The van der Waals surface area contributed by atoms with Crippen molar-refractivity contribution >= 4 is 44.9 Å². The van der Waals surface area contributed by atoms with Crippen molar-refractivity contribution in [3.05, 3.63) is 75.9 Å². The number of hydrogen-bond acceptors (Lipinski definition) is 7. The number of hydrogen-bond donors (Lipinski definition) is 1. The van der Waals surface area contributed by atoms with E-state index >= 15 is 0 Å². The first-order valence-corrected chi connectivity index (χ1v) is 11.0. The number of methoxy groups -OCH3 is 1. The van der Waals surface area contributed by atoms with Crippen molar-refractivity contribution in [2.75, 3.05) is 18.2 Å². The summed E-state index contributed by atoms with van der Waals surface area (Å²) in [6.45, 7) is 0. The molecular formula is C22H16N4O3S2. The zero-order valence-corrected chi connectivity index (χ0v) is 18.0. The fourth-order valence-electron chi connectivity index (χ4n) is 2.96. The zero-order valence-electron chi connectivity index (χ0n) is 16.4. The number of carbonyl (C=O) groups excluding carboxylic acids is 1. The molecule has 0 aliphatic heterocycles. The van der Waals surface area contributed by atoms with Gasteiger partial charge in [0, 0.05) is 0 Å². The Morgan fingerprint density at radius 2 is 2.00 bits per heavy atom. The number of nitrogens with zero attached hydrogens (tertiary/aromatic N) is 3. The predicted molar refractivity (Wildman–Crippen MR) is 122 cm³/mol. The molecule has 0 unspecified atom stereocenters. The van der Waals surface area contributed by atoms with Crippen LogP contribution in [0.4, 0.5) is 5.00 Å². The van der Waals surface area contributed by atoms with Crippen molar-refractivity contribution in [1.82, 2.24) is 9.55 Å². The van der Waals surface area contributed by atoms with Crippen LogP contribution in [0.25, 0.3) is 16.6 Å². The number of anilines is 1. The van der Waals surface area contributed by atoms with Crippen LogP contribution in [0.1, 0.15) is 5.56 Å². The monoisotopic (exact) mass is 448 g/mol. The standard InChI is InChI=1S/C22H16N4O3S2/c1-29-16-8-6-15(7-9-16)26-21(28)17-4-2-3-5-18(17)24-22(26)31-13-19(27)25-20-14(12-23)10-11-30-20/h2-11H,13H2,1H3,(H,25,27). The SMILES string of the molecule is COc1ccc(-n2c(SCC(=O)Nc3sccc3C#N)nc3ccccc3c2=O)cc1. The zero-order chi connectivity index (χ0) is 21.8. The minimum absolute atomic E-state index is 0.0315. The summed E-state index contributed by atoms with van der Waals surface area (Å²) in [4.78, 5) is 30.3. The summed E-state index contributed by atoms with van der Waals surface area (Å²) in [5.74, 6) is 0.417. The number of amides is 1. The van der Waals surface area contributed by atoms with Gasteiger partial charge in [-0.2, -0.15) is 5.26 Å². The quantitative estimate of drug-likeness (QED) is 0.353. The summed E-state index contributed by atoms with van der Waals surface area (Å²) in [7, 11) is 1.57. The number of ether oxygens (including phenoxy) is 1. The Kier molecular flexibility index (Phi) is 6.02. The maximum absolute atomic E-state index is 13.2. The highest BCUT2D eigenvalue weighted by molar-refractivity contribution is 7.99. The largest absolute Gasteiger partial charge is 0.497 e. The lowest BCUT2D eigenvalue weighted by atomic mass is 10.2. The number of thiophene rings is 1. The fraction of sp³-hybridized carbons (Fsp3) is 0.0909. The molecule has 1 N–H and O–H groups in total. The highest BCUT2D eigenvalue weighted by atomic mass is 32.2. The van der Waals surface area contributed by atoms with Crippen molar-refractivity contribution in [1.29, 1.82) is 5.26 Å². The first kappa shape index (κ1) is 20.7. The van der Waals surface area contributed by atoms with Gasteiger partial charge in [0.15, 0.2) is 5.16 Å². The van der Waals surface area contributed by atoms with Gasteiger partial charge in [-0.05, 0) is 47.8 Å². The van der Waals surface area contributed by atoms with E-state index in [0.29, 0.717) is 38.1 Å². The van der Waals surface area contributed by atoms with E-state index in [1.807, 2.05) is 12.1 Å². The number of benzene rings is 2. The maximum Gasteiger partial charge on any atom is 0.266 e. The lowest BCUT2D eigenvalue weighted by Crippen LogP contribution is -2.23. The summed E-state index contributed by atoms with van der Waals surface area (Å²) >= 11 is 2.44. The van der Waals surface area contributed by atoms with Crippen molar-refractivity contribution < 1.29 is 9.53 Å². The van der Waals surface area contributed by atoms with Gasteiger partial charge in [-0.1, -0.05) is 23.9 Å². The summed E-state index contributed by atoms with van der Waals surface area (Å²) in [5.41, 5.74) is 1.38. The predicted octanol–water partition coefficient (Wildman–Crippen LogP) is 4.06. The van der Waals surface area contributed by atoms with Gasteiger partial charge in [0.1, 0.15) is 16.8 Å². The average Bonchev–Trinajstić information content (AvgIpc) is 3.25. The molecule has 2 heterocycles. The fourth-order valence-corrected chi connectivity index (χ4v) is 4.52. The third-order valence-corrected chi connectivity index (χ3v) is 6.21. The van der Waals surface area contributed by atoms with E-state index in [1.165, 1.54) is 15.9 Å². The Labute approximate surface area is 185 Å². The van der Waals surface area contributed by atoms with Crippen molar-refractivity contribution in [3.63, 3.8) is 0 Å². The molecule has 0 radical (unpaired) electrons. The Morgan fingerprint density at radius 3 is 2.74 bits per heavy atom. The number of fused-ring (bicyclic) bond motifs is 1. The van der Waals surface area contributed by atoms with Gasteiger partial charge < -0.3 is 10.1 Å². The highest BCUT2D eigenvalue weighted by Gasteiger charge is 2.16. The summed E-state index contributed by atoms with van der Waals surface area (Å²) < 4.78 is 6.69. The molecule has 2 aromatic heterocycles. The molecule has 0 aliphatic rings. The number of para-hydroxylation sites is 1. The third-order valence-electron chi connectivity index (χ3n) is 4.45. The van der Waals surface area contributed by atoms with Crippen LogP contribution in [0.15, 0.2) is 69.9 Å². The van der Waals surface area contributed by atoms with Gasteiger partial charge in [0.25, 0.3) is 5.56 Å². The number of nitrogens with one attached hydrogen (secondary N) is 1. The molecule has 0 fully saturated rings. The van der Waals surface area contributed by atoms with Gasteiger partial charge in [-0.25, -0.2) is 4.98 Å². The topological polar surface area (TPSA) is 97.0 Å². The summed E-state index contributed by atoms with van der Waals surface area (Å²) in [6, 6.07) is 17.9. The molecule has 0 saturated carbocycles. The van der Waals surface area contributed by atoms with Gasteiger partial charge in [0.2, 0.25) is 5.91 Å². The number of aromatic nitrogens is 2. The minimum atomic E-state index is -0.285. The first-order chi connectivity index (χ1) is 15.1. The molecule has 0 aliphatic carbocycles. The second kappa shape index (κ2) is 9.04. The summed E-state index contributed by atoms with van der Waals surface area (Å²) in [5, 5.41) is 15.0. The molecule has 31 heavy (non-hydrogen) atoms. The van der Waals surface area contributed by atoms with Crippen LogP contribution in [0, 0.1) is 11.3 Å². The minimum Gasteiger partial charge on any atom is -0.497 e. The molecule has 154 valence electrons. The molecule has 7 nitrogen and oxygen atoms in total. The second-order valence-corrected chi connectivity index (χ2v) is 8.22. The van der Waals surface area contributed by atoms with E-state index in [2.05, 4.69) is 10.3 Å². The van der Waals surface area contributed by atoms with E-state index in [0.717, 1.165) is 11.8 Å². The van der Waals surface area contributed by atoms with E-state index in [1.54, 1.807) is 61.0 Å². The van der Waals surface area contributed by atoms with Crippen LogP contribution < -0.4 is 15.6 Å². The number of carbonyl (C=O) groups is 1. The van der Waals surface area contributed by atoms with Crippen LogP contribution in [-0.2, 0) is 4.79 Å². The van der Waals surface area contributed by atoms with Crippen LogP contribution in [-0.4, -0.2) is 28.3 Å². The Balaban J connectivity index is 1.68. The average molecular weight is 449 g/mol. The van der Waals surface area contributed by atoms with E-state index < -0.39 is 0 Å². The van der Waals surface area contributed by atoms with Crippen LogP contribution in [0.5, 0.6) is 5.75 Å². The van der Waals surface area contributed by atoms with Crippen molar-refractivity contribution in [3.8, 4) is 17.5 Å². The Hall–Kier alpha value is -3.61. The molecule has 4 aromatic rings. The highest BCUT2D eigenvalue weighted by Crippen LogP contribution is 2.25. The van der Waals surface area contributed by atoms with Crippen LogP contribution in [0.2, 0.25) is 0 Å². The first-order valence-electron chi connectivity index (χ1n) is 9.17.